The number of benzene rings is 1. The molecule has 0 atom stereocenters. The van der Waals surface area contributed by atoms with Gasteiger partial charge in [-0.15, -0.1) is 0 Å². The minimum atomic E-state index is 0.307. The summed E-state index contributed by atoms with van der Waals surface area (Å²) in [5.74, 6) is 3.48. The fourth-order valence-corrected chi connectivity index (χ4v) is 5.41. The van der Waals surface area contributed by atoms with Crippen LogP contribution in [0.25, 0.3) is 0 Å². The molecule has 2 rings (SSSR count). The Morgan fingerprint density at radius 1 is 1.19 bits per heavy atom. The van der Waals surface area contributed by atoms with Gasteiger partial charge in [-0.05, 0) is 0 Å². The second-order valence-electron chi connectivity index (χ2n) is 7.49. The zero-order chi connectivity index (χ0) is 15.5. The van der Waals surface area contributed by atoms with Gasteiger partial charge in [-0.25, -0.2) is 0 Å². The van der Waals surface area contributed by atoms with E-state index in [-0.39, 0.29) is 0 Å². The first-order chi connectivity index (χ1) is 9.86. The van der Waals surface area contributed by atoms with Crippen LogP contribution in [0, 0.1) is 11.3 Å². The third-order valence-electron chi connectivity index (χ3n) is 5.13. The van der Waals surface area contributed by atoms with Crippen LogP contribution in [0.3, 0.4) is 0 Å². The topological polar surface area (TPSA) is 17.1 Å². The number of rotatable bonds is 4. The Balaban J connectivity index is 2.02. The van der Waals surface area contributed by atoms with Crippen LogP contribution >= 0.6 is 0 Å². The Hall–Kier alpha value is -0.591. The van der Waals surface area contributed by atoms with Gasteiger partial charge in [-0.3, -0.25) is 0 Å². The van der Waals surface area contributed by atoms with Gasteiger partial charge in [0.25, 0.3) is 0 Å². The molecular weight excluding hydrogens is 323 g/mol. The predicted octanol–water partition coefficient (Wildman–Crippen LogP) is 5.41. The van der Waals surface area contributed by atoms with Crippen LogP contribution in [0.4, 0.5) is 0 Å². The molecule has 1 aromatic carbocycles. The molecule has 1 aliphatic rings. The summed E-state index contributed by atoms with van der Waals surface area (Å²) in [6.45, 7) is 7.07. The fraction of sp³-hybridized carbons (Fsp3) is 0.632. The Bertz CT molecular complexity index is 464. The van der Waals surface area contributed by atoms with Gasteiger partial charge in [0.1, 0.15) is 0 Å². The Morgan fingerprint density at radius 2 is 1.76 bits per heavy atom. The number of carbonyl (C=O) groups is 1. The van der Waals surface area contributed by atoms with Gasteiger partial charge in [0, 0.05) is 0 Å². The van der Waals surface area contributed by atoms with Crippen LogP contribution in [0.5, 0.6) is 0 Å². The van der Waals surface area contributed by atoms with Gasteiger partial charge >= 0.3 is 136 Å². The number of hydrogen-bond donors (Lipinski definition) is 0. The Morgan fingerprint density at radius 3 is 2.24 bits per heavy atom. The summed E-state index contributed by atoms with van der Waals surface area (Å²) in [5, 5.41) is 0. The van der Waals surface area contributed by atoms with Crippen molar-refractivity contribution in [3.8, 4) is 0 Å². The van der Waals surface area contributed by atoms with Gasteiger partial charge in [-0.2, -0.15) is 0 Å². The average molecular weight is 351 g/mol. The van der Waals surface area contributed by atoms with Crippen molar-refractivity contribution in [2.75, 3.05) is 0 Å². The minimum absolute atomic E-state index is 0.307. The van der Waals surface area contributed by atoms with Crippen molar-refractivity contribution in [1.29, 1.82) is 0 Å². The predicted molar refractivity (Wildman–Crippen MR) is 91.1 cm³/mol. The van der Waals surface area contributed by atoms with Crippen molar-refractivity contribution in [3.63, 3.8) is 0 Å². The molecule has 2 heteroatoms. The van der Waals surface area contributed by atoms with E-state index in [1.54, 1.807) is 0 Å². The molecule has 1 fully saturated rings. The molecule has 0 N–H and O–H groups in total. The Labute approximate surface area is 136 Å². The van der Waals surface area contributed by atoms with Crippen LogP contribution in [-0.2, 0) is 0 Å². The third-order valence-corrected chi connectivity index (χ3v) is 8.11. The monoisotopic (exact) mass is 352 g/mol. The van der Waals surface area contributed by atoms with Gasteiger partial charge in [-0.1, -0.05) is 0 Å². The molecule has 0 radical (unpaired) electrons. The number of Topliss-reactive ketones (excluding diaryl/α,β-unsaturated/α-hetero) is 1. The van der Waals surface area contributed by atoms with Crippen molar-refractivity contribution < 1.29 is 4.79 Å². The van der Waals surface area contributed by atoms with Gasteiger partial charge in [0.15, 0.2) is 0 Å². The molecule has 1 aliphatic carbocycles. The van der Waals surface area contributed by atoms with E-state index in [1.807, 2.05) is 30.3 Å². The van der Waals surface area contributed by atoms with Gasteiger partial charge in [0.2, 0.25) is 0 Å². The van der Waals surface area contributed by atoms with E-state index in [9.17, 15) is 4.79 Å². The van der Waals surface area contributed by atoms with Crippen LogP contribution < -0.4 is 0 Å². The summed E-state index contributed by atoms with van der Waals surface area (Å²) < 4.78 is 0.307. The summed E-state index contributed by atoms with van der Waals surface area (Å²) in [6, 6.07) is 9.82. The van der Waals surface area contributed by atoms with Crippen molar-refractivity contribution in [2.45, 2.75) is 63.0 Å². The summed E-state index contributed by atoms with van der Waals surface area (Å²) in [6.07, 6.45) is 5.82. The first-order valence-electron chi connectivity index (χ1n) is 8.00. The van der Waals surface area contributed by atoms with E-state index >= 15 is 0 Å². The summed E-state index contributed by atoms with van der Waals surface area (Å²) >= 11 is 0.542. The summed E-state index contributed by atoms with van der Waals surface area (Å²) in [7, 11) is 0. The van der Waals surface area contributed by atoms with Gasteiger partial charge < -0.3 is 0 Å². The van der Waals surface area contributed by atoms with Crippen LogP contribution in [0.2, 0.25) is 10.1 Å². The molecule has 1 nitrogen and oxygen atoms in total. The molecule has 0 bridgehead atoms. The molecule has 21 heavy (non-hydrogen) atoms. The van der Waals surface area contributed by atoms with E-state index in [0.29, 0.717) is 30.5 Å². The molecule has 0 unspecified atom stereocenters. The molecule has 0 aliphatic heterocycles. The number of hydrogen-bond acceptors (Lipinski definition) is 1. The Kier molecular flexibility index (Phi) is 5.33. The number of carbonyl (C=O) groups excluding carboxylic acids is 1. The van der Waals surface area contributed by atoms with E-state index in [0.717, 1.165) is 17.9 Å². The molecule has 0 aromatic heterocycles. The number of ketones is 1. The van der Waals surface area contributed by atoms with E-state index in [2.05, 4.69) is 26.6 Å². The summed E-state index contributed by atoms with van der Waals surface area (Å²) in [5.41, 5.74) is 1.30. The standard InChI is InChI=1S/C19H28OSe/c1-18(2,3)16-10-12-19(21-4,13-11-16)14-17(20)15-8-6-5-7-9-15/h5-9,16H,10-14H2,1-4H3. The second kappa shape index (κ2) is 6.67. The summed E-state index contributed by atoms with van der Waals surface area (Å²) in [4.78, 5) is 12.6. The zero-order valence-electron chi connectivity index (χ0n) is 13.8. The molecule has 0 heterocycles. The average Bonchev–Trinajstić information content (AvgIpc) is 2.47. The maximum absolute atomic E-state index is 12.6. The molecule has 0 saturated heterocycles. The molecule has 1 aromatic rings. The maximum atomic E-state index is 12.6. The fourth-order valence-electron chi connectivity index (χ4n) is 3.48. The molecular formula is C19H28OSe. The molecule has 116 valence electrons. The van der Waals surface area contributed by atoms with Crippen LogP contribution in [0.15, 0.2) is 30.3 Å². The molecule has 0 amide bonds. The SMILES string of the molecule is C[Se]C1(CC(=O)c2ccccc2)CCC(C(C)(C)C)CC1. The van der Waals surface area contributed by atoms with Crippen molar-refractivity contribution in [3.05, 3.63) is 35.9 Å². The van der Waals surface area contributed by atoms with Crippen LogP contribution in [-0.4, -0.2) is 20.7 Å². The normalized spacial score (nSPS) is 26.6. The van der Waals surface area contributed by atoms with Crippen LogP contribution in [0.1, 0.15) is 63.2 Å². The first kappa shape index (κ1) is 16.8. The molecule has 0 spiro atoms. The van der Waals surface area contributed by atoms with Crippen molar-refractivity contribution >= 4 is 20.7 Å². The first-order valence-corrected chi connectivity index (χ1v) is 10.6. The van der Waals surface area contributed by atoms with Gasteiger partial charge in [0.05, 0.1) is 0 Å². The second-order valence-corrected chi connectivity index (χ2v) is 10.2. The third kappa shape index (κ3) is 4.20. The molecule has 1 saturated carbocycles. The van der Waals surface area contributed by atoms with E-state index < -0.39 is 0 Å². The van der Waals surface area contributed by atoms with E-state index in [1.165, 1.54) is 25.7 Å². The zero-order valence-corrected chi connectivity index (χ0v) is 15.5. The quantitative estimate of drug-likeness (QED) is 0.524. The van der Waals surface area contributed by atoms with E-state index in [4.69, 9.17) is 0 Å². The van der Waals surface area contributed by atoms with Crippen molar-refractivity contribution in [2.24, 2.45) is 11.3 Å². The van der Waals surface area contributed by atoms with Crippen molar-refractivity contribution in [1.82, 2.24) is 0 Å².